The maximum absolute atomic E-state index is 13.2. The number of nitrogens with one attached hydrogen (secondary N) is 1. The Balaban J connectivity index is 1.58. The second-order valence-electron chi connectivity index (χ2n) is 7.62. The number of hydrogen-bond acceptors (Lipinski definition) is 3. The number of amides is 1. The predicted octanol–water partition coefficient (Wildman–Crippen LogP) is 6.06. The number of carbonyl (C=O) groups is 1. The molecule has 0 saturated heterocycles. The van der Waals surface area contributed by atoms with Gasteiger partial charge in [-0.3, -0.25) is 9.48 Å². The molecule has 1 heterocycles. The summed E-state index contributed by atoms with van der Waals surface area (Å²) in [5, 5.41) is 6.70. The molecule has 1 amide bonds. The summed E-state index contributed by atoms with van der Waals surface area (Å²) in [6.45, 7) is 0.154. The lowest BCUT2D eigenvalue weighted by atomic mass is 10.2. The summed E-state index contributed by atoms with van der Waals surface area (Å²) in [5.41, 5.74) is 0.329. The van der Waals surface area contributed by atoms with Gasteiger partial charge in [0, 0.05) is 11.9 Å². The molecule has 0 aliphatic rings. The fourth-order valence-corrected chi connectivity index (χ4v) is 3.23. The Hall–Kier alpha value is -4.21. The van der Waals surface area contributed by atoms with Gasteiger partial charge >= 0.3 is 6.18 Å². The van der Waals surface area contributed by atoms with Gasteiger partial charge in [-0.25, -0.2) is 8.78 Å². The van der Waals surface area contributed by atoms with Crippen molar-refractivity contribution in [2.24, 2.45) is 0 Å². The van der Waals surface area contributed by atoms with Crippen LogP contribution < -0.4 is 10.1 Å². The summed E-state index contributed by atoms with van der Waals surface area (Å²) in [7, 11) is 0. The number of benzene rings is 3. The maximum Gasteiger partial charge on any atom is 0.416 e. The number of hydrogen-bond donors (Lipinski definition) is 1. The van der Waals surface area contributed by atoms with E-state index in [1.807, 2.05) is 0 Å². The summed E-state index contributed by atoms with van der Waals surface area (Å²) in [5.74, 6) is -1.62. The Morgan fingerprint density at radius 1 is 0.914 bits per heavy atom. The Labute approximate surface area is 196 Å². The summed E-state index contributed by atoms with van der Waals surface area (Å²) < 4.78 is 72.5. The van der Waals surface area contributed by atoms with E-state index < -0.39 is 29.3 Å². The van der Waals surface area contributed by atoms with Gasteiger partial charge in [-0.1, -0.05) is 30.3 Å². The molecule has 0 unspecified atom stereocenters. The van der Waals surface area contributed by atoms with Crippen molar-refractivity contribution in [1.82, 2.24) is 9.78 Å². The highest BCUT2D eigenvalue weighted by molar-refractivity contribution is 6.05. The van der Waals surface area contributed by atoms with Crippen LogP contribution in [0.1, 0.15) is 27.0 Å². The molecule has 35 heavy (non-hydrogen) atoms. The summed E-state index contributed by atoms with van der Waals surface area (Å²) >= 11 is 0. The number of carbonyl (C=O) groups excluding carboxylic acids is 1. The van der Waals surface area contributed by atoms with Crippen molar-refractivity contribution in [2.45, 2.75) is 19.3 Å². The van der Waals surface area contributed by atoms with Gasteiger partial charge in [0.25, 0.3) is 5.91 Å². The van der Waals surface area contributed by atoms with E-state index in [0.717, 1.165) is 12.1 Å². The van der Waals surface area contributed by atoms with Gasteiger partial charge in [0.15, 0.2) is 0 Å². The van der Waals surface area contributed by atoms with Gasteiger partial charge in [-0.15, -0.1) is 5.10 Å². The quantitative estimate of drug-likeness (QED) is 0.323. The van der Waals surface area contributed by atoms with E-state index in [-0.39, 0.29) is 30.3 Å². The van der Waals surface area contributed by atoms with Crippen molar-refractivity contribution in [3.05, 3.63) is 113 Å². The highest BCUT2D eigenvalue weighted by Gasteiger charge is 2.30. The van der Waals surface area contributed by atoms with Crippen LogP contribution in [-0.2, 0) is 19.3 Å². The smallest absolute Gasteiger partial charge is 0.416 e. The first-order valence-corrected chi connectivity index (χ1v) is 10.3. The second-order valence-corrected chi connectivity index (χ2v) is 7.62. The van der Waals surface area contributed by atoms with Gasteiger partial charge in [-0.2, -0.15) is 13.2 Å². The van der Waals surface area contributed by atoms with Crippen molar-refractivity contribution in [3.63, 3.8) is 0 Å². The normalized spacial score (nSPS) is 11.3. The third-order valence-corrected chi connectivity index (χ3v) is 4.97. The van der Waals surface area contributed by atoms with E-state index >= 15 is 0 Å². The second kappa shape index (κ2) is 9.96. The van der Waals surface area contributed by atoms with Gasteiger partial charge in [0.1, 0.15) is 23.8 Å². The van der Waals surface area contributed by atoms with E-state index in [9.17, 15) is 26.7 Å². The zero-order chi connectivity index (χ0) is 25.0. The molecular weight excluding hydrogens is 469 g/mol. The molecule has 0 saturated carbocycles. The van der Waals surface area contributed by atoms with Gasteiger partial charge in [-0.05, 0) is 53.6 Å². The largest absolute Gasteiger partial charge is 0.471 e. The summed E-state index contributed by atoms with van der Waals surface area (Å²) in [6, 6.07) is 15.4. The minimum Gasteiger partial charge on any atom is -0.471 e. The molecule has 0 aliphatic carbocycles. The van der Waals surface area contributed by atoms with Gasteiger partial charge in [0.05, 0.1) is 12.1 Å². The molecule has 0 atom stereocenters. The minimum absolute atomic E-state index is 0.0216. The molecule has 0 spiro atoms. The molecule has 10 heteroatoms. The van der Waals surface area contributed by atoms with Crippen molar-refractivity contribution in [3.8, 4) is 5.88 Å². The number of aromatic nitrogens is 2. The van der Waals surface area contributed by atoms with Crippen LogP contribution in [-0.4, -0.2) is 15.7 Å². The van der Waals surface area contributed by atoms with Crippen LogP contribution in [0.2, 0.25) is 0 Å². The lowest BCUT2D eigenvalue weighted by Gasteiger charge is -2.10. The number of ether oxygens (including phenoxy) is 1. The SMILES string of the molecule is O=C(Nc1cccc(C(F)(F)F)c1)c1cn(Cc2ccc(F)cc2)nc1OCc1ccc(F)cc1. The zero-order valence-corrected chi connectivity index (χ0v) is 18.0. The number of anilines is 1. The lowest BCUT2D eigenvalue weighted by Crippen LogP contribution is -2.14. The first-order valence-electron chi connectivity index (χ1n) is 10.3. The molecule has 4 rings (SSSR count). The first kappa shape index (κ1) is 23.9. The predicted molar refractivity (Wildman–Crippen MR) is 118 cm³/mol. The standard InChI is InChI=1S/C25H18F5N3O2/c26-19-8-4-16(5-9-19)13-33-14-22(24(32-33)35-15-17-6-10-20(27)11-7-17)23(34)31-21-3-1-2-18(12-21)25(28,29)30/h1-12,14H,13,15H2,(H,31,34). The van der Waals surface area contributed by atoms with Crippen molar-refractivity contribution < 1.29 is 31.5 Å². The average molecular weight is 487 g/mol. The van der Waals surface area contributed by atoms with E-state index in [2.05, 4.69) is 10.4 Å². The monoisotopic (exact) mass is 487 g/mol. The Kier molecular flexibility index (Phi) is 6.81. The van der Waals surface area contributed by atoms with Crippen LogP contribution in [0.25, 0.3) is 0 Å². The third-order valence-electron chi connectivity index (χ3n) is 4.97. The summed E-state index contributed by atoms with van der Waals surface area (Å²) in [4.78, 5) is 12.9. The Morgan fingerprint density at radius 3 is 2.17 bits per heavy atom. The van der Waals surface area contributed by atoms with E-state index in [4.69, 9.17) is 4.74 Å². The number of alkyl halides is 3. The third kappa shape index (κ3) is 6.23. The lowest BCUT2D eigenvalue weighted by molar-refractivity contribution is -0.137. The molecule has 0 bridgehead atoms. The minimum atomic E-state index is -4.57. The summed E-state index contributed by atoms with van der Waals surface area (Å²) in [6.07, 6.45) is -3.18. The molecule has 0 aliphatic heterocycles. The average Bonchev–Trinajstić information content (AvgIpc) is 3.22. The maximum atomic E-state index is 13.2. The van der Waals surface area contributed by atoms with Crippen LogP contribution in [0.15, 0.2) is 79.0 Å². The highest BCUT2D eigenvalue weighted by atomic mass is 19.4. The molecular formula is C25H18F5N3O2. The van der Waals surface area contributed by atoms with Crippen molar-refractivity contribution in [2.75, 3.05) is 5.32 Å². The Morgan fingerprint density at radius 2 is 1.54 bits per heavy atom. The van der Waals surface area contributed by atoms with Crippen LogP contribution in [0.4, 0.5) is 27.6 Å². The van der Waals surface area contributed by atoms with E-state index in [1.54, 1.807) is 12.1 Å². The molecule has 5 nitrogen and oxygen atoms in total. The van der Waals surface area contributed by atoms with E-state index in [1.165, 1.54) is 59.4 Å². The van der Waals surface area contributed by atoms with E-state index in [0.29, 0.717) is 11.1 Å². The van der Waals surface area contributed by atoms with Crippen LogP contribution in [0.5, 0.6) is 5.88 Å². The Bertz CT molecular complexity index is 1320. The van der Waals surface area contributed by atoms with Crippen LogP contribution >= 0.6 is 0 Å². The first-order chi connectivity index (χ1) is 16.7. The van der Waals surface area contributed by atoms with Crippen LogP contribution in [0, 0.1) is 11.6 Å². The van der Waals surface area contributed by atoms with Gasteiger partial charge in [0.2, 0.25) is 5.88 Å². The topological polar surface area (TPSA) is 56.2 Å². The fourth-order valence-electron chi connectivity index (χ4n) is 3.23. The zero-order valence-electron chi connectivity index (χ0n) is 18.0. The van der Waals surface area contributed by atoms with Crippen molar-refractivity contribution >= 4 is 11.6 Å². The highest BCUT2D eigenvalue weighted by Crippen LogP contribution is 2.31. The molecule has 0 fully saturated rings. The molecule has 180 valence electrons. The fraction of sp³-hybridized carbons (Fsp3) is 0.120. The van der Waals surface area contributed by atoms with Crippen molar-refractivity contribution in [1.29, 1.82) is 0 Å². The molecule has 0 radical (unpaired) electrons. The molecule has 1 N–H and O–H groups in total. The number of nitrogens with zero attached hydrogens (tertiary/aromatic N) is 2. The van der Waals surface area contributed by atoms with Crippen LogP contribution in [0.3, 0.4) is 0 Å². The number of rotatable bonds is 7. The number of halogens is 5. The van der Waals surface area contributed by atoms with Gasteiger partial charge < -0.3 is 10.1 Å². The molecule has 4 aromatic rings. The molecule has 1 aromatic heterocycles. The molecule has 3 aromatic carbocycles.